The third kappa shape index (κ3) is 5.88. The number of rotatable bonds is 7. The molecule has 7 heteroatoms. The first-order valence-electron chi connectivity index (χ1n) is 10.4. The molecule has 0 aliphatic heterocycles. The molecular weight excluding hydrogens is 408 g/mol. The molecule has 0 spiro atoms. The van der Waals surface area contributed by atoms with Gasteiger partial charge < -0.3 is 20.5 Å². The molecule has 3 rings (SSSR count). The highest BCUT2D eigenvalue weighted by atomic mass is 16.5. The minimum atomic E-state index is -0.925. The van der Waals surface area contributed by atoms with E-state index in [9.17, 15) is 14.4 Å². The predicted molar refractivity (Wildman–Crippen MR) is 120 cm³/mol. The molecule has 2 aromatic rings. The minimum Gasteiger partial charge on any atom is -0.481 e. The second-order valence-corrected chi connectivity index (χ2v) is 8.21. The van der Waals surface area contributed by atoms with Crippen molar-refractivity contribution in [2.24, 2.45) is 0 Å². The van der Waals surface area contributed by atoms with E-state index in [4.69, 9.17) is 9.84 Å². The molecular formula is C25H26N2O5. The maximum Gasteiger partial charge on any atom is 0.407 e. The quantitative estimate of drug-likeness (QED) is 0.580. The molecule has 0 radical (unpaired) electrons. The summed E-state index contributed by atoms with van der Waals surface area (Å²) in [5, 5.41) is 13.9. The lowest BCUT2D eigenvalue weighted by molar-refractivity contribution is -0.137. The van der Waals surface area contributed by atoms with E-state index in [-0.39, 0.29) is 31.9 Å². The van der Waals surface area contributed by atoms with Crippen molar-refractivity contribution >= 4 is 18.0 Å². The van der Waals surface area contributed by atoms with E-state index < -0.39 is 23.5 Å². The van der Waals surface area contributed by atoms with Gasteiger partial charge in [-0.25, -0.2) is 4.79 Å². The van der Waals surface area contributed by atoms with Gasteiger partial charge in [-0.2, -0.15) is 0 Å². The van der Waals surface area contributed by atoms with Crippen molar-refractivity contribution in [3.63, 3.8) is 0 Å². The van der Waals surface area contributed by atoms with Gasteiger partial charge in [0.1, 0.15) is 6.61 Å². The van der Waals surface area contributed by atoms with Crippen LogP contribution in [-0.4, -0.2) is 41.8 Å². The molecule has 0 fully saturated rings. The van der Waals surface area contributed by atoms with Gasteiger partial charge in [-0.15, -0.1) is 0 Å². The highest BCUT2D eigenvalue weighted by Crippen LogP contribution is 2.44. The Kier molecular flexibility index (Phi) is 7.16. The average molecular weight is 434 g/mol. The topological polar surface area (TPSA) is 105 Å². The number of benzene rings is 2. The molecule has 2 amide bonds. The first-order chi connectivity index (χ1) is 15.3. The van der Waals surface area contributed by atoms with Gasteiger partial charge in [0.05, 0.1) is 6.54 Å². The van der Waals surface area contributed by atoms with Crippen molar-refractivity contribution in [1.29, 1.82) is 0 Å². The maximum atomic E-state index is 12.1. The Morgan fingerprint density at radius 2 is 1.62 bits per heavy atom. The van der Waals surface area contributed by atoms with Crippen molar-refractivity contribution in [2.75, 3.05) is 13.2 Å². The number of carboxylic acids is 1. The van der Waals surface area contributed by atoms with Gasteiger partial charge in [-0.1, -0.05) is 54.5 Å². The third-order valence-corrected chi connectivity index (χ3v) is 5.28. The number of hydrogen-bond donors (Lipinski definition) is 3. The molecule has 0 saturated heterocycles. The molecule has 0 heterocycles. The van der Waals surface area contributed by atoms with Crippen LogP contribution in [0.25, 0.3) is 11.1 Å². The molecule has 0 bridgehead atoms. The molecule has 2 aromatic carbocycles. The fourth-order valence-electron chi connectivity index (χ4n) is 3.71. The normalized spacial score (nSPS) is 12.1. The predicted octanol–water partition coefficient (Wildman–Crippen LogP) is 3.29. The van der Waals surface area contributed by atoms with Gasteiger partial charge in [-0.05, 0) is 48.4 Å². The van der Waals surface area contributed by atoms with Crippen LogP contribution < -0.4 is 10.6 Å². The SMILES string of the molecule is CC(C)(CCC(=O)O)NC(=O)C#CCNC(=O)OCC1c2ccccc2-c2ccccc21. The van der Waals surface area contributed by atoms with Crippen molar-refractivity contribution in [2.45, 2.75) is 38.1 Å². The first-order valence-corrected chi connectivity index (χ1v) is 10.4. The van der Waals surface area contributed by atoms with E-state index in [2.05, 4.69) is 34.6 Å². The van der Waals surface area contributed by atoms with Crippen LogP contribution >= 0.6 is 0 Å². The van der Waals surface area contributed by atoms with E-state index >= 15 is 0 Å². The number of amides is 2. The van der Waals surface area contributed by atoms with Crippen molar-refractivity contribution in [3.05, 3.63) is 59.7 Å². The molecule has 0 aromatic heterocycles. The zero-order valence-electron chi connectivity index (χ0n) is 18.1. The zero-order valence-corrected chi connectivity index (χ0v) is 18.1. The Balaban J connectivity index is 1.47. The number of carboxylic acid groups (broad SMARTS) is 1. The summed E-state index contributed by atoms with van der Waals surface area (Å²) < 4.78 is 5.41. The number of aliphatic carboxylic acids is 1. The van der Waals surface area contributed by atoms with Crippen LogP contribution in [0.3, 0.4) is 0 Å². The van der Waals surface area contributed by atoms with Crippen LogP contribution in [0.15, 0.2) is 48.5 Å². The molecule has 7 nitrogen and oxygen atoms in total. The smallest absolute Gasteiger partial charge is 0.407 e. The Morgan fingerprint density at radius 3 is 2.22 bits per heavy atom. The second kappa shape index (κ2) is 10.0. The van der Waals surface area contributed by atoms with Crippen LogP contribution in [0.2, 0.25) is 0 Å². The number of nitrogens with one attached hydrogen (secondary N) is 2. The lowest BCUT2D eigenvalue weighted by atomic mass is 9.98. The average Bonchev–Trinajstić information content (AvgIpc) is 3.07. The fourth-order valence-corrected chi connectivity index (χ4v) is 3.71. The molecule has 3 N–H and O–H groups in total. The van der Waals surface area contributed by atoms with Gasteiger partial charge in [0, 0.05) is 17.9 Å². The van der Waals surface area contributed by atoms with E-state index in [0.29, 0.717) is 0 Å². The third-order valence-electron chi connectivity index (χ3n) is 5.28. The Morgan fingerprint density at radius 1 is 1.03 bits per heavy atom. The lowest BCUT2D eigenvalue weighted by Crippen LogP contribution is -2.43. The van der Waals surface area contributed by atoms with Crippen molar-refractivity contribution in [3.8, 4) is 23.0 Å². The highest BCUT2D eigenvalue weighted by Gasteiger charge is 2.28. The summed E-state index contributed by atoms with van der Waals surface area (Å²) in [6.07, 6.45) is -0.374. The summed E-state index contributed by atoms with van der Waals surface area (Å²) in [5.41, 5.74) is 3.87. The number of fused-ring (bicyclic) bond motifs is 3. The molecule has 0 saturated carbocycles. The molecule has 0 atom stereocenters. The van der Waals surface area contributed by atoms with Crippen LogP contribution in [0.4, 0.5) is 4.79 Å². The van der Waals surface area contributed by atoms with Gasteiger partial charge in [0.15, 0.2) is 0 Å². The van der Waals surface area contributed by atoms with Gasteiger partial charge in [0.25, 0.3) is 5.91 Å². The van der Waals surface area contributed by atoms with E-state index in [1.54, 1.807) is 13.8 Å². The maximum absolute atomic E-state index is 12.1. The molecule has 32 heavy (non-hydrogen) atoms. The summed E-state index contributed by atoms with van der Waals surface area (Å²) in [5.74, 6) is 3.47. The summed E-state index contributed by atoms with van der Waals surface area (Å²) in [6, 6.07) is 16.2. The van der Waals surface area contributed by atoms with Gasteiger partial charge >= 0.3 is 12.1 Å². The van der Waals surface area contributed by atoms with Crippen LogP contribution in [0, 0.1) is 11.8 Å². The standard InChI is InChI=1S/C25H26N2O5/c1-25(2,14-13-23(29)30)27-22(28)12-7-15-26-24(31)32-16-21-19-10-5-3-8-17(19)18-9-4-6-11-20(18)21/h3-6,8-11,21H,13-16H2,1-2H3,(H,26,31)(H,27,28)(H,29,30). The van der Waals surface area contributed by atoms with Crippen molar-refractivity contribution in [1.82, 2.24) is 10.6 Å². The lowest BCUT2D eigenvalue weighted by Gasteiger charge is -2.24. The zero-order chi connectivity index (χ0) is 23.1. The highest BCUT2D eigenvalue weighted by molar-refractivity contribution is 5.94. The molecule has 1 aliphatic carbocycles. The molecule has 1 aliphatic rings. The number of carbonyl (C=O) groups is 3. The number of alkyl carbamates (subject to hydrolysis) is 1. The summed E-state index contributed by atoms with van der Waals surface area (Å²) in [7, 11) is 0. The molecule has 166 valence electrons. The second-order valence-electron chi connectivity index (χ2n) is 8.21. The number of carbonyl (C=O) groups excluding carboxylic acids is 2. The Bertz CT molecular complexity index is 1040. The van der Waals surface area contributed by atoms with Crippen LogP contribution in [-0.2, 0) is 14.3 Å². The Hall–Kier alpha value is -3.79. The fraction of sp³-hybridized carbons (Fsp3) is 0.320. The van der Waals surface area contributed by atoms with E-state index in [1.165, 1.54) is 0 Å². The van der Waals surface area contributed by atoms with Crippen molar-refractivity contribution < 1.29 is 24.2 Å². The first kappa shape index (κ1) is 22.9. The summed E-state index contributed by atoms with van der Waals surface area (Å²) in [6.45, 7) is 3.61. The summed E-state index contributed by atoms with van der Waals surface area (Å²) in [4.78, 5) is 34.7. The van der Waals surface area contributed by atoms with Gasteiger partial charge in [0.2, 0.25) is 0 Å². The minimum absolute atomic E-state index is 0.0296. The largest absolute Gasteiger partial charge is 0.481 e. The molecule has 0 unspecified atom stereocenters. The monoisotopic (exact) mass is 434 g/mol. The van der Waals surface area contributed by atoms with Crippen LogP contribution in [0.1, 0.15) is 43.7 Å². The van der Waals surface area contributed by atoms with E-state index in [1.807, 2.05) is 36.4 Å². The number of ether oxygens (including phenoxy) is 1. The van der Waals surface area contributed by atoms with E-state index in [0.717, 1.165) is 22.3 Å². The number of hydrogen-bond acceptors (Lipinski definition) is 4. The summed E-state index contributed by atoms with van der Waals surface area (Å²) >= 11 is 0. The Labute approximate surface area is 187 Å². The van der Waals surface area contributed by atoms with Gasteiger partial charge in [-0.3, -0.25) is 9.59 Å². The van der Waals surface area contributed by atoms with Crippen LogP contribution in [0.5, 0.6) is 0 Å².